The van der Waals surface area contributed by atoms with E-state index >= 15 is 0 Å². The van der Waals surface area contributed by atoms with Gasteiger partial charge in [-0.15, -0.1) is 0 Å². The monoisotopic (exact) mass is 220 g/mol. The van der Waals surface area contributed by atoms with Gasteiger partial charge in [0.25, 0.3) is 0 Å². The SMILES string of the molecule is Cc1ccc(CNC(=O)CCCCN)cc1. The number of carbonyl (C=O) groups is 1. The first-order valence-corrected chi connectivity index (χ1v) is 5.74. The Labute approximate surface area is 97.0 Å². The van der Waals surface area contributed by atoms with Crippen molar-refractivity contribution in [2.75, 3.05) is 6.54 Å². The van der Waals surface area contributed by atoms with E-state index in [0.29, 0.717) is 19.5 Å². The first-order valence-electron chi connectivity index (χ1n) is 5.74. The molecule has 0 heterocycles. The van der Waals surface area contributed by atoms with Crippen molar-refractivity contribution in [3.63, 3.8) is 0 Å². The third-order valence-corrected chi connectivity index (χ3v) is 2.47. The number of unbranched alkanes of at least 4 members (excludes halogenated alkanes) is 1. The Balaban J connectivity index is 2.23. The molecule has 0 atom stereocenters. The summed E-state index contributed by atoms with van der Waals surface area (Å²) in [6.45, 7) is 3.32. The molecule has 0 fully saturated rings. The van der Waals surface area contributed by atoms with Gasteiger partial charge in [-0.25, -0.2) is 0 Å². The molecule has 1 rings (SSSR count). The van der Waals surface area contributed by atoms with Gasteiger partial charge in [0, 0.05) is 13.0 Å². The lowest BCUT2D eigenvalue weighted by atomic mass is 10.1. The quantitative estimate of drug-likeness (QED) is 0.717. The van der Waals surface area contributed by atoms with Gasteiger partial charge in [-0.1, -0.05) is 29.8 Å². The summed E-state index contributed by atoms with van der Waals surface area (Å²) in [5.74, 6) is 0.106. The standard InChI is InChI=1S/C13H20N2O/c1-11-5-7-12(8-6-11)10-15-13(16)4-2-3-9-14/h5-8H,2-4,9-10,14H2,1H3,(H,15,16). The maximum Gasteiger partial charge on any atom is 0.220 e. The largest absolute Gasteiger partial charge is 0.352 e. The number of nitrogens with one attached hydrogen (secondary N) is 1. The Morgan fingerprint density at radius 2 is 1.94 bits per heavy atom. The van der Waals surface area contributed by atoms with E-state index in [9.17, 15) is 4.79 Å². The topological polar surface area (TPSA) is 55.1 Å². The van der Waals surface area contributed by atoms with Gasteiger partial charge in [-0.05, 0) is 31.9 Å². The lowest BCUT2D eigenvalue weighted by Gasteiger charge is -2.05. The number of carbonyl (C=O) groups excluding carboxylic acids is 1. The normalized spacial score (nSPS) is 10.1. The van der Waals surface area contributed by atoms with Crippen LogP contribution in [-0.4, -0.2) is 12.5 Å². The molecule has 0 bridgehead atoms. The summed E-state index contributed by atoms with van der Waals surface area (Å²) in [4.78, 5) is 11.4. The summed E-state index contributed by atoms with van der Waals surface area (Å²) in [6.07, 6.45) is 2.36. The van der Waals surface area contributed by atoms with Crippen LogP contribution in [-0.2, 0) is 11.3 Å². The van der Waals surface area contributed by atoms with E-state index in [4.69, 9.17) is 5.73 Å². The van der Waals surface area contributed by atoms with Gasteiger partial charge in [0.15, 0.2) is 0 Å². The molecule has 3 heteroatoms. The van der Waals surface area contributed by atoms with E-state index in [1.54, 1.807) is 0 Å². The van der Waals surface area contributed by atoms with Crippen LogP contribution in [0.3, 0.4) is 0 Å². The zero-order valence-electron chi connectivity index (χ0n) is 9.83. The van der Waals surface area contributed by atoms with Crippen LogP contribution < -0.4 is 11.1 Å². The lowest BCUT2D eigenvalue weighted by Crippen LogP contribution is -2.22. The summed E-state index contributed by atoms with van der Waals surface area (Å²) in [5, 5.41) is 2.90. The Hall–Kier alpha value is -1.35. The molecule has 88 valence electrons. The van der Waals surface area contributed by atoms with E-state index in [0.717, 1.165) is 18.4 Å². The number of aryl methyl sites for hydroxylation is 1. The molecule has 0 spiro atoms. The minimum Gasteiger partial charge on any atom is -0.352 e. The highest BCUT2D eigenvalue weighted by Crippen LogP contribution is 2.02. The van der Waals surface area contributed by atoms with Crippen molar-refractivity contribution in [2.24, 2.45) is 5.73 Å². The van der Waals surface area contributed by atoms with Crippen LogP contribution in [0.2, 0.25) is 0 Å². The summed E-state index contributed by atoms with van der Waals surface area (Å²) >= 11 is 0. The molecular weight excluding hydrogens is 200 g/mol. The van der Waals surface area contributed by atoms with Crippen LogP contribution in [0.15, 0.2) is 24.3 Å². The van der Waals surface area contributed by atoms with Gasteiger partial charge in [0.1, 0.15) is 0 Å². The molecule has 0 saturated carbocycles. The van der Waals surface area contributed by atoms with Gasteiger partial charge in [-0.2, -0.15) is 0 Å². The van der Waals surface area contributed by atoms with Crippen molar-refractivity contribution in [1.29, 1.82) is 0 Å². The predicted octanol–water partition coefficient (Wildman–Crippen LogP) is 1.74. The van der Waals surface area contributed by atoms with Crippen molar-refractivity contribution in [3.8, 4) is 0 Å². The molecule has 3 N–H and O–H groups in total. The number of hydrogen-bond donors (Lipinski definition) is 2. The molecule has 0 unspecified atom stereocenters. The number of nitrogens with two attached hydrogens (primary N) is 1. The van der Waals surface area contributed by atoms with E-state index in [1.807, 2.05) is 12.1 Å². The molecule has 0 aliphatic rings. The van der Waals surface area contributed by atoms with E-state index < -0.39 is 0 Å². The van der Waals surface area contributed by atoms with Gasteiger partial charge in [-0.3, -0.25) is 4.79 Å². The molecule has 0 aromatic heterocycles. The Bertz CT molecular complexity index is 319. The van der Waals surface area contributed by atoms with Crippen LogP contribution >= 0.6 is 0 Å². The van der Waals surface area contributed by atoms with Crippen molar-refractivity contribution in [3.05, 3.63) is 35.4 Å². The highest BCUT2D eigenvalue weighted by atomic mass is 16.1. The molecule has 16 heavy (non-hydrogen) atoms. The van der Waals surface area contributed by atoms with Crippen molar-refractivity contribution in [1.82, 2.24) is 5.32 Å². The highest BCUT2D eigenvalue weighted by molar-refractivity contribution is 5.75. The van der Waals surface area contributed by atoms with Gasteiger partial charge in [0.05, 0.1) is 0 Å². The van der Waals surface area contributed by atoms with Crippen molar-refractivity contribution < 1.29 is 4.79 Å². The molecular formula is C13H20N2O. The van der Waals surface area contributed by atoms with Crippen molar-refractivity contribution >= 4 is 5.91 Å². The van der Waals surface area contributed by atoms with E-state index in [1.165, 1.54) is 5.56 Å². The molecule has 1 amide bonds. The fourth-order valence-corrected chi connectivity index (χ4v) is 1.42. The fourth-order valence-electron chi connectivity index (χ4n) is 1.42. The van der Waals surface area contributed by atoms with Crippen LogP contribution in [0, 0.1) is 6.92 Å². The molecule has 0 radical (unpaired) electrons. The van der Waals surface area contributed by atoms with Gasteiger partial charge < -0.3 is 11.1 Å². The zero-order valence-corrected chi connectivity index (χ0v) is 9.83. The summed E-state index contributed by atoms with van der Waals surface area (Å²) in [7, 11) is 0. The summed E-state index contributed by atoms with van der Waals surface area (Å²) in [6, 6.07) is 8.18. The minimum absolute atomic E-state index is 0.106. The first kappa shape index (κ1) is 12.7. The second-order valence-corrected chi connectivity index (χ2v) is 4.01. The van der Waals surface area contributed by atoms with Crippen LogP contribution in [0.5, 0.6) is 0 Å². The van der Waals surface area contributed by atoms with E-state index in [-0.39, 0.29) is 5.91 Å². The predicted molar refractivity (Wildman–Crippen MR) is 65.9 cm³/mol. The smallest absolute Gasteiger partial charge is 0.220 e. The summed E-state index contributed by atoms with van der Waals surface area (Å²) < 4.78 is 0. The van der Waals surface area contributed by atoms with Crippen LogP contribution in [0.4, 0.5) is 0 Å². The first-order chi connectivity index (χ1) is 7.72. The molecule has 1 aromatic carbocycles. The summed E-state index contributed by atoms with van der Waals surface area (Å²) in [5.41, 5.74) is 7.73. The number of amides is 1. The maximum absolute atomic E-state index is 11.4. The maximum atomic E-state index is 11.4. The van der Waals surface area contributed by atoms with Gasteiger partial charge in [0.2, 0.25) is 5.91 Å². The minimum atomic E-state index is 0.106. The number of benzene rings is 1. The second kappa shape index (κ2) is 7.01. The van der Waals surface area contributed by atoms with Gasteiger partial charge >= 0.3 is 0 Å². The van der Waals surface area contributed by atoms with Crippen LogP contribution in [0.25, 0.3) is 0 Å². The number of rotatable bonds is 6. The average molecular weight is 220 g/mol. The third-order valence-electron chi connectivity index (χ3n) is 2.47. The fraction of sp³-hybridized carbons (Fsp3) is 0.462. The zero-order chi connectivity index (χ0) is 11.8. The molecule has 0 aliphatic carbocycles. The van der Waals surface area contributed by atoms with E-state index in [2.05, 4.69) is 24.4 Å². The molecule has 0 saturated heterocycles. The third kappa shape index (κ3) is 4.94. The Morgan fingerprint density at radius 1 is 1.25 bits per heavy atom. The van der Waals surface area contributed by atoms with Crippen molar-refractivity contribution in [2.45, 2.75) is 32.7 Å². The molecule has 1 aromatic rings. The number of hydrogen-bond acceptors (Lipinski definition) is 2. The molecule has 0 aliphatic heterocycles. The highest BCUT2D eigenvalue weighted by Gasteiger charge is 2.00. The van der Waals surface area contributed by atoms with Crippen LogP contribution in [0.1, 0.15) is 30.4 Å². The average Bonchev–Trinajstić information content (AvgIpc) is 2.29. The lowest BCUT2D eigenvalue weighted by molar-refractivity contribution is -0.121. The second-order valence-electron chi connectivity index (χ2n) is 4.01. The molecule has 3 nitrogen and oxygen atoms in total. The Kier molecular flexibility index (Phi) is 5.57. The Morgan fingerprint density at radius 3 is 2.56 bits per heavy atom.